The maximum absolute atomic E-state index is 9.59. The third-order valence-electron chi connectivity index (χ3n) is 1.89. The maximum Gasteiger partial charge on any atom is 0.0439 e. The van der Waals surface area contributed by atoms with E-state index in [1.807, 2.05) is 0 Å². The van der Waals surface area contributed by atoms with Crippen molar-refractivity contribution in [3.8, 4) is 0 Å². The molecule has 0 heterocycles. The molecule has 0 fully saturated rings. The smallest absolute Gasteiger partial charge is 0.0439 e. The molecule has 0 bridgehead atoms. The van der Waals surface area contributed by atoms with Crippen LogP contribution in [-0.2, 0) is 19.2 Å². The van der Waals surface area contributed by atoms with E-state index >= 15 is 0 Å². The Hall–Kier alpha value is -1.20. The van der Waals surface area contributed by atoms with Gasteiger partial charge in [0.1, 0.15) is 0 Å². The molecule has 148 valence electrons. The van der Waals surface area contributed by atoms with Crippen LogP contribution in [0.5, 0.6) is 0 Å². The van der Waals surface area contributed by atoms with Crippen LogP contribution in [0.25, 0.3) is 0 Å². The zero-order chi connectivity index (χ0) is 20.6. The van der Waals surface area contributed by atoms with Gasteiger partial charge in [-0.2, -0.15) is 0 Å². The zero-order valence-corrected chi connectivity index (χ0v) is 20.0. The van der Waals surface area contributed by atoms with Crippen LogP contribution >= 0.6 is 0 Å². The minimum atomic E-state index is -0.991. The molecule has 0 atom stereocenters. The van der Waals surface area contributed by atoms with Gasteiger partial charge in [0.2, 0.25) is 0 Å². The number of carbonyl (C=O) groups is 4. The molecule has 0 saturated heterocycles. The number of carboxylic acid groups (broad SMARTS) is 4. The van der Waals surface area contributed by atoms with Gasteiger partial charge < -0.3 is 39.6 Å². The first kappa shape index (κ1) is 35.0. The van der Waals surface area contributed by atoms with Crippen molar-refractivity contribution in [3.63, 3.8) is 0 Å². The average Bonchev–Trinajstić information content (AvgIpc) is 2.40. The molecule has 0 aliphatic carbocycles. The zero-order valence-electron chi connectivity index (χ0n) is 16.1. The second-order valence-corrected chi connectivity index (χ2v) is 5.89. The molecule has 0 amide bonds. The summed E-state index contributed by atoms with van der Waals surface area (Å²) in [6.45, 7) is 12.6. The van der Waals surface area contributed by atoms with Crippen molar-refractivity contribution in [2.24, 2.45) is 23.7 Å². The quantitative estimate of drug-likeness (QED) is 0.336. The van der Waals surface area contributed by atoms with Gasteiger partial charge in [0, 0.05) is 51.2 Å². The van der Waals surface area contributed by atoms with Crippen LogP contribution in [0.4, 0.5) is 0 Å². The van der Waals surface area contributed by atoms with Crippen LogP contribution in [0.3, 0.4) is 0 Å². The van der Waals surface area contributed by atoms with Crippen LogP contribution < -0.4 is 20.4 Å². The molecule has 0 aromatic rings. The Morgan fingerprint density at radius 2 is 0.480 bits per heavy atom. The standard InChI is InChI=1S/4C4H8O2.Pb/c4*1-3(2)4(5)6;/h4*3H,1-2H3,(H,5,6);/p-4. The Balaban J connectivity index is -0.0000000702. The van der Waals surface area contributed by atoms with Crippen LogP contribution in [0.1, 0.15) is 55.4 Å². The Bertz CT molecular complexity index is 304. The topological polar surface area (TPSA) is 161 Å². The molecule has 8 nitrogen and oxygen atoms in total. The average molecular weight is 556 g/mol. The van der Waals surface area contributed by atoms with Gasteiger partial charge in [0.25, 0.3) is 0 Å². The monoisotopic (exact) mass is 556 g/mol. The third-order valence-corrected chi connectivity index (χ3v) is 1.89. The van der Waals surface area contributed by atoms with Crippen LogP contribution in [-0.4, -0.2) is 51.2 Å². The Kier molecular flexibility index (Phi) is 29.2. The van der Waals surface area contributed by atoms with Gasteiger partial charge in [0.15, 0.2) is 0 Å². The van der Waals surface area contributed by atoms with Crippen molar-refractivity contribution in [3.05, 3.63) is 0 Å². The number of carbonyl (C=O) groups excluding carboxylic acids is 4. The summed E-state index contributed by atoms with van der Waals surface area (Å²) in [7, 11) is 0. The van der Waals surface area contributed by atoms with E-state index in [4.69, 9.17) is 0 Å². The van der Waals surface area contributed by atoms with Crippen molar-refractivity contribution in [1.82, 2.24) is 0 Å². The summed E-state index contributed by atoms with van der Waals surface area (Å²) >= 11 is 0. The van der Waals surface area contributed by atoms with E-state index in [9.17, 15) is 39.6 Å². The first-order chi connectivity index (χ1) is 10.6. The minimum Gasteiger partial charge on any atom is -0.550 e. The van der Waals surface area contributed by atoms with Crippen LogP contribution in [0.2, 0.25) is 0 Å². The molecular weight excluding hydrogens is 527 g/mol. The van der Waals surface area contributed by atoms with Crippen molar-refractivity contribution in [1.29, 1.82) is 0 Å². The van der Waals surface area contributed by atoms with Gasteiger partial charge in [-0.3, -0.25) is 0 Å². The SMILES string of the molecule is CC(C)C(=O)[O-].CC(C)C(=O)[O-].CC(C)C(=O)[O-].CC(C)C(=O)[O-].[Pb]. The minimum absolute atomic E-state index is 0. The molecule has 25 heavy (non-hydrogen) atoms. The van der Waals surface area contributed by atoms with Gasteiger partial charge in [-0.05, 0) is 23.7 Å². The van der Waals surface area contributed by atoms with E-state index in [-0.39, 0.29) is 51.0 Å². The largest absolute Gasteiger partial charge is 0.550 e. The summed E-state index contributed by atoms with van der Waals surface area (Å²) in [5, 5.41) is 38.4. The molecule has 0 saturated carbocycles. The summed E-state index contributed by atoms with van der Waals surface area (Å²) in [5.41, 5.74) is 0. The Morgan fingerprint density at radius 3 is 0.480 bits per heavy atom. The molecular formula is C16H28O8Pb-4. The van der Waals surface area contributed by atoms with Crippen molar-refractivity contribution in [2.75, 3.05) is 0 Å². The van der Waals surface area contributed by atoms with Gasteiger partial charge in [-0.1, -0.05) is 55.4 Å². The van der Waals surface area contributed by atoms with Crippen LogP contribution in [0.15, 0.2) is 0 Å². The predicted molar refractivity (Wildman–Crippen MR) is 85.1 cm³/mol. The van der Waals surface area contributed by atoms with E-state index in [1.165, 1.54) is 0 Å². The summed E-state index contributed by atoms with van der Waals surface area (Å²) in [6, 6.07) is 0. The number of rotatable bonds is 4. The summed E-state index contributed by atoms with van der Waals surface area (Å²) in [4.78, 5) is 38.4. The predicted octanol–water partition coefficient (Wildman–Crippen LogP) is -2.81. The summed E-state index contributed by atoms with van der Waals surface area (Å²) in [6.07, 6.45) is 0. The van der Waals surface area contributed by atoms with E-state index in [0.29, 0.717) is 0 Å². The molecule has 0 N–H and O–H groups in total. The van der Waals surface area contributed by atoms with Gasteiger partial charge in [0.05, 0.1) is 0 Å². The first-order valence-corrected chi connectivity index (χ1v) is 7.41. The number of hydrogen-bond acceptors (Lipinski definition) is 8. The fourth-order valence-electron chi connectivity index (χ4n) is 0. The van der Waals surface area contributed by atoms with Crippen molar-refractivity contribution < 1.29 is 39.6 Å². The Labute approximate surface area is 169 Å². The molecule has 9 heteroatoms. The van der Waals surface area contributed by atoms with E-state index in [0.717, 1.165) is 0 Å². The molecule has 0 unspecified atom stereocenters. The molecule has 0 aromatic heterocycles. The normalized spacial score (nSPS) is 8.80. The van der Waals surface area contributed by atoms with Crippen molar-refractivity contribution in [2.45, 2.75) is 55.4 Å². The molecule has 0 aliphatic rings. The molecule has 0 rings (SSSR count). The van der Waals surface area contributed by atoms with Gasteiger partial charge in [-0.15, -0.1) is 0 Å². The second kappa shape index (κ2) is 20.8. The van der Waals surface area contributed by atoms with E-state index < -0.39 is 23.9 Å². The van der Waals surface area contributed by atoms with Crippen molar-refractivity contribution >= 4 is 51.2 Å². The molecule has 4 radical (unpaired) electrons. The van der Waals surface area contributed by atoms with Gasteiger partial charge in [-0.25, -0.2) is 0 Å². The summed E-state index contributed by atoms with van der Waals surface area (Å²) in [5.74, 6) is -5.33. The number of aliphatic carboxylic acids is 4. The van der Waals surface area contributed by atoms with E-state index in [1.54, 1.807) is 55.4 Å². The molecule has 0 spiro atoms. The molecule has 0 aromatic carbocycles. The first-order valence-electron chi connectivity index (χ1n) is 7.41. The van der Waals surface area contributed by atoms with E-state index in [2.05, 4.69) is 0 Å². The second-order valence-electron chi connectivity index (χ2n) is 5.89. The third kappa shape index (κ3) is 45.0. The number of carboxylic acids is 4. The number of hydrogen-bond donors (Lipinski definition) is 0. The van der Waals surface area contributed by atoms with Crippen LogP contribution in [0, 0.1) is 23.7 Å². The fourth-order valence-corrected chi connectivity index (χ4v) is 0. The fraction of sp³-hybridized carbons (Fsp3) is 0.750. The Morgan fingerprint density at radius 1 is 0.440 bits per heavy atom. The molecule has 0 aliphatic heterocycles. The maximum atomic E-state index is 9.59. The van der Waals surface area contributed by atoms with Gasteiger partial charge >= 0.3 is 0 Å². The summed E-state index contributed by atoms with van der Waals surface area (Å²) < 4.78 is 0.